The smallest absolute Gasteiger partial charge is 0.200 e. The van der Waals surface area contributed by atoms with Crippen LogP contribution in [0.3, 0.4) is 0 Å². The van der Waals surface area contributed by atoms with Gasteiger partial charge in [-0.15, -0.1) is 0 Å². The van der Waals surface area contributed by atoms with Gasteiger partial charge in [-0.05, 0) is 73.8 Å². The quantitative estimate of drug-likeness (QED) is 0.324. The molecule has 1 aliphatic carbocycles. The van der Waals surface area contributed by atoms with Crippen molar-refractivity contribution in [3.05, 3.63) is 64.5 Å². The summed E-state index contributed by atoms with van der Waals surface area (Å²) >= 11 is 0. The molecule has 1 saturated carbocycles. The van der Waals surface area contributed by atoms with E-state index in [0.29, 0.717) is 24.3 Å². The Morgan fingerprint density at radius 2 is 1.62 bits per heavy atom. The second-order valence-corrected chi connectivity index (χ2v) is 8.91. The molecule has 0 aromatic heterocycles. The van der Waals surface area contributed by atoms with E-state index in [-0.39, 0.29) is 23.6 Å². The number of benzene rings is 2. The molecule has 0 unspecified atom stereocenters. The molecule has 0 spiro atoms. The molecule has 0 heterocycles. The third-order valence-corrected chi connectivity index (χ3v) is 6.42. The van der Waals surface area contributed by atoms with Crippen LogP contribution in [0.5, 0.6) is 5.75 Å². The van der Waals surface area contributed by atoms with Crippen molar-refractivity contribution in [2.24, 2.45) is 0 Å². The van der Waals surface area contributed by atoms with Gasteiger partial charge >= 0.3 is 0 Å². The standard InChI is InChI=1S/C27H35F3O2/c1-3-4-5-6-7-16-31-25-15-14-23(26(29)27(25)30)21-10-12-22(13-11-21)32-18-20-9-8-19(2)24(28)17-20/h8-9,14-15,17,21-22H,3-7,10-13,16,18H2,1-2H3. The molecule has 5 heteroatoms. The zero-order valence-electron chi connectivity index (χ0n) is 19.3. The van der Waals surface area contributed by atoms with Gasteiger partial charge in [0.05, 0.1) is 19.3 Å². The lowest BCUT2D eigenvalue weighted by Gasteiger charge is -2.29. The fourth-order valence-corrected chi connectivity index (χ4v) is 4.34. The van der Waals surface area contributed by atoms with Crippen LogP contribution in [-0.4, -0.2) is 12.7 Å². The Kier molecular flexibility index (Phi) is 9.46. The van der Waals surface area contributed by atoms with Gasteiger partial charge in [0.25, 0.3) is 0 Å². The maximum absolute atomic E-state index is 14.7. The van der Waals surface area contributed by atoms with Gasteiger partial charge in [-0.3, -0.25) is 0 Å². The summed E-state index contributed by atoms with van der Waals surface area (Å²) in [5.41, 5.74) is 1.85. The molecule has 3 rings (SSSR count). The molecule has 2 aromatic rings. The molecular weight excluding hydrogens is 413 g/mol. The molecule has 2 nitrogen and oxygen atoms in total. The van der Waals surface area contributed by atoms with Crippen molar-refractivity contribution in [1.29, 1.82) is 0 Å². The van der Waals surface area contributed by atoms with Crippen molar-refractivity contribution >= 4 is 0 Å². The third kappa shape index (κ3) is 6.74. The minimum absolute atomic E-state index is 0.00379. The van der Waals surface area contributed by atoms with Crippen molar-refractivity contribution in [2.45, 2.75) is 90.3 Å². The predicted octanol–water partition coefficient (Wildman–Crippen LogP) is 8.00. The maximum atomic E-state index is 14.7. The molecule has 0 amide bonds. The summed E-state index contributed by atoms with van der Waals surface area (Å²) in [4.78, 5) is 0. The fourth-order valence-electron chi connectivity index (χ4n) is 4.34. The van der Waals surface area contributed by atoms with Gasteiger partial charge in [-0.1, -0.05) is 50.8 Å². The van der Waals surface area contributed by atoms with Crippen LogP contribution in [0.15, 0.2) is 30.3 Å². The van der Waals surface area contributed by atoms with Crippen molar-refractivity contribution in [3.8, 4) is 5.75 Å². The summed E-state index contributed by atoms with van der Waals surface area (Å²) < 4.78 is 54.4. The van der Waals surface area contributed by atoms with Crippen molar-refractivity contribution < 1.29 is 22.6 Å². The number of hydrogen-bond acceptors (Lipinski definition) is 2. The molecule has 2 aromatic carbocycles. The average molecular weight is 449 g/mol. The summed E-state index contributed by atoms with van der Waals surface area (Å²) in [5.74, 6) is -1.91. The van der Waals surface area contributed by atoms with E-state index in [4.69, 9.17) is 9.47 Å². The van der Waals surface area contributed by atoms with E-state index in [1.807, 2.05) is 6.07 Å². The number of aryl methyl sites for hydroxylation is 1. The zero-order valence-corrected chi connectivity index (χ0v) is 19.3. The second kappa shape index (κ2) is 12.3. The normalized spacial score (nSPS) is 18.7. The molecule has 0 atom stereocenters. The highest BCUT2D eigenvalue weighted by Crippen LogP contribution is 2.37. The van der Waals surface area contributed by atoms with Crippen LogP contribution >= 0.6 is 0 Å². The van der Waals surface area contributed by atoms with Gasteiger partial charge in [0, 0.05) is 0 Å². The molecule has 0 aliphatic heterocycles. The lowest BCUT2D eigenvalue weighted by molar-refractivity contribution is 0.0130. The van der Waals surface area contributed by atoms with Crippen LogP contribution in [0.1, 0.15) is 87.3 Å². The minimum Gasteiger partial charge on any atom is -0.490 e. The predicted molar refractivity (Wildman–Crippen MR) is 122 cm³/mol. The van der Waals surface area contributed by atoms with E-state index in [1.165, 1.54) is 18.9 Å². The van der Waals surface area contributed by atoms with E-state index in [0.717, 1.165) is 50.5 Å². The molecule has 176 valence electrons. The van der Waals surface area contributed by atoms with Crippen LogP contribution in [0.2, 0.25) is 0 Å². The van der Waals surface area contributed by atoms with Gasteiger partial charge in [0.1, 0.15) is 5.82 Å². The summed E-state index contributed by atoms with van der Waals surface area (Å²) in [6.07, 6.45) is 8.47. The third-order valence-electron chi connectivity index (χ3n) is 6.42. The average Bonchev–Trinajstić information content (AvgIpc) is 2.80. The molecule has 0 radical (unpaired) electrons. The van der Waals surface area contributed by atoms with Crippen LogP contribution in [0, 0.1) is 24.4 Å². The first-order valence-corrected chi connectivity index (χ1v) is 12.0. The maximum Gasteiger partial charge on any atom is 0.200 e. The first kappa shape index (κ1) is 24.6. The Morgan fingerprint density at radius 1 is 0.875 bits per heavy atom. The second-order valence-electron chi connectivity index (χ2n) is 8.91. The molecule has 0 bridgehead atoms. The van der Waals surface area contributed by atoms with Gasteiger partial charge in [-0.25, -0.2) is 8.78 Å². The Hall–Kier alpha value is -2.01. The van der Waals surface area contributed by atoms with E-state index in [1.54, 1.807) is 25.1 Å². The van der Waals surface area contributed by atoms with E-state index < -0.39 is 11.6 Å². The van der Waals surface area contributed by atoms with Crippen molar-refractivity contribution in [2.75, 3.05) is 6.61 Å². The molecule has 0 N–H and O–H groups in total. The monoisotopic (exact) mass is 448 g/mol. The SMILES string of the molecule is CCCCCCCOc1ccc(C2CCC(OCc3ccc(C)c(F)c3)CC2)c(F)c1F. The first-order chi connectivity index (χ1) is 15.5. The molecule has 1 aliphatic rings. The fraction of sp³-hybridized carbons (Fsp3) is 0.556. The van der Waals surface area contributed by atoms with Crippen LogP contribution < -0.4 is 4.74 Å². The highest BCUT2D eigenvalue weighted by molar-refractivity contribution is 5.33. The van der Waals surface area contributed by atoms with E-state index >= 15 is 0 Å². The van der Waals surface area contributed by atoms with Gasteiger partial charge in [-0.2, -0.15) is 4.39 Å². The van der Waals surface area contributed by atoms with Gasteiger partial charge in [0.2, 0.25) is 5.82 Å². The highest BCUT2D eigenvalue weighted by atomic mass is 19.2. The molecule has 1 fully saturated rings. The number of rotatable bonds is 11. The number of ether oxygens (including phenoxy) is 2. The van der Waals surface area contributed by atoms with E-state index in [9.17, 15) is 13.2 Å². The summed E-state index contributed by atoms with van der Waals surface area (Å²) in [5, 5.41) is 0. The molecule has 0 saturated heterocycles. The highest BCUT2D eigenvalue weighted by Gasteiger charge is 2.27. The van der Waals surface area contributed by atoms with Crippen LogP contribution in [0.4, 0.5) is 13.2 Å². The summed E-state index contributed by atoms with van der Waals surface area (Å²) in [6, 6.07) is 8.37. The van der Waals surface area contributed by atoms with Crippen LogP contribution in [-0.2, 0) is 11.3 Å². The largest absolute Gasteiger partial charge is 0.490 e. The van der Waals surface area contributed by atoms with Gasteiger partial charge < -0.3 is 9.47 Å². The number of unbranched alkanes of at least 4 members (excludes halogenated alkanes) is 4. The number of hydrogen-bond donors (Lipinski definition) is 0. The van der Waals surface area contributed by atoms with Crippen molar-refractivity contribution in [3.63, 3.8) is 0 Å². The van der Waals surface area contributed by atoms with Gasteiger partial charge in [0.15, 0.2) is 11.6 Å². The van der Waals surface area contributed by atoms with Crippen molar-refractivity contribution in [1.82, 2.24) is 0 Å². The lowest BCUT2D eigenvalue weighted by Crippen LogP contribution is -2.21. The Bertz CT molecular complexity index is 860. The molecule has 32 heavy (non-hydrogen) atoms. The Morgan fingerprint density at radius 3 is 2.34 bits per heavy atom. The first-order valence-electron chi connectivity index (χ1n) is 12.0. The molecular formula is C27H35F3O2. The Balaban J connectivity index is 1.47. The number of halogens is 3. The lowest BCUT2D eigenvalue weighted by atomic mass is 9.82. The topological polar surface area (TPSA) is 18.5 Å². The summed E-state index contributed by atoms with van der Waals surface area (Å²) in [7, 11) is 0. The Labute approximate surface area is 190 Å². The summed E-state index contributed by atoms with van der Waals surface area (Å²) in [6.45, 7) is 4.66. The zero-order chi connectivity index (χ0) is 22.9. The van der Waals surface area contributed by atoms with Crippen LogP contribution in [0.25, 0.3) is 0 Å². The van der Waals surface area contributed by atoms with E-state index in [2.05, 4.69) is 6.92 Å². The minimum atomic E-state index is -0.879.